The van der Waals surface area contributed by atoms with Gasteiger partial charge in [0.15, 0.2) is 11.6 Å². The van der Waals surface area contributed by atoms with Crippen molar-refractivity contribution in [3.8, 4) is 0 Å². The van der Waals surface area contributed by atoms with Crippen LogP contribution in [-0.2, 0) is 38.0 Å². The van der Waals surface area contributed by atoms with Crippen molar-refractivity contribution in [2.45, 2.75) is 205 Å². The van der Waals surface area contributed by atoms with Crippen LogP contribution in [0.4, 0.5) is 18.0 Å². The van der Waals surface area contributed by atoms with E-state index in [4.69, 9.17) is 23.7 Å². The summed E-state index contributed by atoms with van der Waals surface area (Å²) in [4.78, 5) is 39.1. The first-order valence-electron chi connectivity index (χ1n) is 22.2. The van der Waals surface area contributed by atoms with Crippen LogP contribution in [0.1, 0.15) is 133 Å². The quantitative estimate of drug-likeness (QED) is 0.135. The maximum absolute atomic E-state index is 14.6. The fourth-order valence-electron chi connectivity index (χ4n) is 10.9. The summed E-state index contributed by atoms with van der Waals surface area (Å²) in [5.41, 5.74) is -2.06. The lowest BCUT2D eigenvalue weighted by atomic mass is 9.72. The van der Waals surface area contributed by atoms with E-state index in [0.717, 1.165) is 6.42 Å². The van der Waals surface area contributed by atoms with Gasteiger partial charge in [-0.2, -0.15) is 0 Å². The highest BCUT2D eigenvalue weighted by atomic mass is 19.4. The van der Waals surface area contributed by atoms with Gasteiger partial charge in [-0.1, -0.05) is 61.5 Å². The number of carbonyl (C=O) groups excluding carboxylic acids is 2. The van der Waals surface area contributed by atoms with Crippen LogP contribution in [0.25, 0.3) is 0 Å². The van der Waals surface area contributed by atoms with E-state index in [1.54, 1.807) is 19.9 Å². The zero-order chi connectivity index (χ0) is 44.7. The molecule has 18 atom stereocenters. The van der Waals surface area contributed by atoms with Gasteiger partial charge in [0, 0.05) is 30.1 Å². The zero-order valence-corrected chi connectivity index (χ0v) is 37.0. The average molecular weight is 862 g/mol. The van der Waals surface area contributed by atoms with E-state index >= 15 is 0 Å². The number of Topliss-reactive ketones (excluding diaryl/α,β-unsaturated/α-hetero) is 1. The van der Waals surface area contributed by atoms with Crippen molar-refractivity contribution in [2.75, 3.05) is 0 Å². The molecular formula is C44H70F3NO12. The van der Waals surface area contributed by atoms with Crippen LogP contribution in [-0.4, -0.2) is 105 Å². The number of hydrogen-bond donors (Lipinski definition) is 4. The number of aliphatic hydroxyl groups excluding tert-OH is 1. The predicted octanol–water partition coefficient (Wildman–Crippen LogP) is 7.44. The van der Waals surface area contributed by atoms with E-state index in [2.05, 4.69) is 10.1 Å². The minimum Gasteiger partial charge on any atom is -0.481 e. The molecule has 60 heavy (non-hydrogen) atoms. The number of ketones is 1. The molecule has 4 fully saturated rings. The molecule has 0 aromatic heterocycles. The summed E-state index contributed by atoms with van der Waals surface area (Å²) in [6.07, 6.45) is -3.19. The minimum atomic E-state index is -5.23. The molecule has 0 aromatic rings. The van der Waals surface area contributed by atoms with Crippen molar-refractivity contribution in [1.82, 2.24) is 5.32 Å². The molecule has 0 saturated carbocycles. The van der Waals surface area contributed by atoms with Gasteiger partial charge >= 0.3 is 18.4 Å². The van der Waals surface area contributed by atoms with Gasteiger partial charge in [0.25, 0.3) is 0 Å². The number of hydrogen-bond acceptors (Lipinski definition) is 11. The fraction of sp³-hybridized carbons (Fsp3) is 0.886. The highest BCUT2D eigenvalue weighted by Crippen LogP contribution is 2.54. The maximum Gasteiger partial charge on any atom is 0.576 e. The molecule has 344 valence electrons. The monoisotopic (exact) mass is 861 g/mol. The number of carboxylic acid groups (broad SMARTS) is 1. The summed E-state index contributed by atoms with van der Waals surface area (Å²) in [6, 6.07) is -1.24. The second-order valence-corrected chi connectivity index (χ2v) is 18.9. The highest BCUT2D eigenvalue weighted by molar-refractivity contribution is 5.84. The summed E-state index contributed by atoms with van der Waals surface area (Å²) >= 11 is 0. The third-order valence-electron chi connectivity index (χ3n) is 15.0. The Morgan fingerprint density at radius 1 is 0.917 bits per heavy atom. The molecule has 0 aromatic carbocycles. The molecule has 5 rings (SSSR count). The maximum atomic E-state index is 14.6. The van der Waals surface area contributed by atoms with Crippen molar-refractivity contribution >= 4 is 17.8 Å². The van der Waals surface area contributed by atoms with Crippen LogP contribution in [0.2, 0.25) is 0 Å². The van der Waals surface area contributed by atoms with Gasteiger partial charge in [-0.05, 0) is 89.5 Å². The van der Waals surface area contributed by atoms with Crippen LogP contribution >= 0.6 is 0 Å². The summed E-state index contributed by atoms with van der Waals surface area (Å²) in [5, 5.41) is 35.0. The number of aliphatic carboxylic acids is 1. The normalized spacial score (nSPS) is 42.3. The van der Waals surface area contributed by atoms with Crippen molar-refractivity contribution in [1.29, 1.82) is 0 Å². The van der Waals surface area contributed by atoms with Gasteiger partial charge < -0.3 is 49.1 Å². The second kappa shape index (κ2) is 18.4. The number of carboxylic acids is 1. The van der Waals surface area contributed by atoms with E-state index in [9.17, 15) is 42.9 Å². The number of rotatable bonds is 13. The predicted molar refractivity (Wildman–Crippen MR) is 212 cm³/mol. The Balaban J connectivity index is 1.40. The van der Waals surface area contributed by atoms with Gasteiger partial charge in [-0.25, -0.2) is 4.79 Å². The van der Waals surface area contributed by atoms with Crippen LogP contribution in [0, 0.1) is 41.4 Å². The van der Waals surface area contributed by atoms with Gasteiger partial charge in [0.2, 0.25) is 0 Å². The summed E-state index contributed by atoms with van der Waals surface area (Å²) in [6.45, 7) is 18.7. The third-order valence-corrected chi connectivity index (χ3v) is 15.0. The van der Waals surface area contributed by atoms with E-state index in [1.165, 1.54) is 6.08 Å². The lowest BCUT2D eigenvalue weighted by Gasteiger charge is -2.55. The van der Waals surface area contributed by atoms with E-state index in [0.29, 0.717) is 51.4 Å². The average Bonchev–Trinajstić information content (AvgIpc) is 3.52. The SMILES string of the molecule is CC[C@@H](C(=O)[C@@H](C)[C@@H](O)[C@H](C)[C@@H]1O[C@@H]([C@@H](CC)C(=O)O)CC[C@@H]1C)[C@H]1O[C@]2(C=C[C@@H](NC(=O)OC(F)(F)F)[C@]3(CC[C@@](C)([C@H]4CC[C@](O)(CC)[C@H](C)O4)O3)O2)[C@H](C)C[C@@H]1C. The zero-order valence-electron chi connectivity index (χ0n) is 37.0. The number of alkyl carbamates (subject to hydrolysis) is 1. The molecule has 5 heterocycles. The number of ether oxygens (including phenoxy) is 6. The molecule has 4 N–H and O–H groups in total. The van der Waals surface area contributed by atoms with Gasteiger partial charge in [0.1, 0.15) is 11.8 Å². The standard InChI is InChI=1S/C44H70F3NO12/c1-11-29(38(51)52)31-15-14-23(4)36(56-31)27(8)34(49)26(7)35(50)30(12-2)37-24(5)22-25(6)42(57-37)19-16-32(48-39(53)58-44(45,46)47)43(60-42)21-20-40(10,59-43)33-17-18-41(54,13-3)28(9)55-33/h16,19,23-34,36-37,49,54H,11-15,17-18,20-22H2,1-10H3,(H,48,53)(H,51,52)/t23-,24-,25+,26-,27-,28-,29+,30-,31+,32+,33+,34+,36+,37-,40-,41+,42-,43-/m0/s1. The Kier molecular flexibility index (Phi) is 14.9. The number of carbonyl (C=O) groups is 3. The first kappa shape index (κ1) is 48.7. The summed E-state index contributed by atoms with van der Waals surface area (Å²) < 4.78 is 76.7. The van der Waals surface area contributed by atoms with Crippen LogP contribution in [0.3, 0.4) is 0 Å². The molecule has 0 unspecified atom stereocenters. The largest absolute Gasteiger partial charge is 0.576 e. The number of nitrogens with one attached hydrogen (secondary N) is 1. The molecular weight excluding hydrogens is 791 g/mol. The smallest absolute Gasteiger partial charge is 0.481 e. The highest BCUT2D eigenvalue weighted by Gasteiger charge is 2.64. The molecule has 4 saturated heterocycles. The minimum absolute atomic E-state index is 0.0352. The Morgan fingerprint density at radius 2 is 1.58 bits per heavy atom. The molecule has 0 aliphatic carbocycles. The van der Waals surface area contributed by atoms with Crippen LogP contribution in [0.5, 0.6) is 0 Å². The Morgan fingerprint density at radius 3 is 2.17 bits per heavy atom. The van der Waals surface area contributed by atoms with Crippen molar-refractivity contribution < 1.29 is 71.3 Å². The molecule has 5 aliphatic heterocycles. The van der Waals surface area contributed by atoms with Crippen LogP contribution in [0.15, 0.2) is 12.2 Å². The lowest BCUT2D eigenvalue weighted by molar-refractivity contribution is -0.398. The fourth-order valence-corrected chi connectivity index (χ4v) is 10.9. The van der Waals surface area contributed by atoms with Crippen molar-refractivity contribution in [2.24, 2.45) is 41.4 Å². The van der Waals surface area contributed by atoms with Gasteiger partial charge in [-0.3, -0.25) is 9.59 Å². The number of aliphatic hydroxyl groups is 2. The van der Waals surface area contributed by atoms with E-state index in [-0.39, 0.29) is 30.0 Å². The second-order valence-electron chi connectivity index (χ2n) is 18.9. The topological polar surface area (TPSA) is 179 Å². The number of amides is 1. The number of halogens is 3. The van der Waals surface area contributed by atoms with E-state index < -0.39 is 108 Å². The molecule has 13 nitrogen and oxygen atoms in total. The first-order chi connectivity index (χ1) is 27.9. The molecule has 2 spiro atoms. The number of alkyl halides is 3. The Bertz CT molecular complexity index is 1570. The van der Waals surface area contributed by atoms with Gasteiger partial charge in [0.05, 0.1) is 53.7 Å². The van der Waals surface area contributed by atoms with Crippen molar-refractivity contribution in [3.63, 3.8) is 0 Å². The lowest BCUT2D eigenvalue weighted by Crippen LogP contribution is -2.66. The Hall–Kier alpha value is -2.34. The Labute approximate surface area is 352 Å². The molecule has 0 radical (unpaired) electrons. The van der Waals surface area contributed by atoms with E-state index in [1.807, 2.05) is 55.4 Å². The molecule has 0 bridgehead atoms. The summed E-state index contributed by atoms with van der Waals surface area (Å²) in [7, 11) is 0. The molecule has 16 heteroatoms. The van der Waals surface area contributed by atoms with Crippen molar-refractivity contribution in [3.05, 3.63) is 12.2 Å². The van der Waals surface area contributed by atoms with Crippen LogP contribution < -0.4 is 5.32 Å². The third kappa shape index (κ3) is 9.74. The summed E-state index contributed by atoms with van der Waals surface area (Å²) in [5.74, 6) is -7.53. The van der Waals surface area contributed by atoms with Gasteiger partial charge in [-0.15, -0.1) is 13.2 Å². The molecule has 1 amide bonds. The first-order valence-corrected chi connectivity index (χ1v) is 22.2. The molecule has 5 aliphatic rings.